The lowest BCUT2D eigenvalue weighted by atomic mass is 9.45. The molecule has 200 valence electrons. The third-order valence-electron chi connectivity index (χ3n) is 10.8. The molecule has 0 saturated heterocycles. The van der Waals surface area contributed by atoms with Crippen LogP contribution in [0.1, 0.15) is 76.9 Å². The third kappa shape index (κ3) is 3.44. The molecule has 3 aromatic heterocycles. The number of carbonyl (C=O) groups excluding carboxylic acids is 2. The summed E-state index contributed by atoms with van der Waals surface area (Å²) in [5, 5.41) is 8.65. The normalized spacial score (nSPS) is 36.8. The number of hydrogen-bond donors (Lipinski definition) is 0. The lowest BCUT2D eigenvalue weighted by Gasteiger charge is -2.59. The molecule has 7 rings (SSSR count). The fraction of sp³-hybridized carbons (Fsp3) is 0.667. The molecule has 4 aliphatic rings. The van der Waals surface area contributed by atoms with Crippen LogP contribution in [0.25, 0.3) is 11.2 Å². The Kier molecular flexibility index (Phi) is 5.35. The molecule has 38 heavy (non-hydrogen) atoms. The molecular weight excluding hydrogens is 509 g/mol. The zero-order chi connectivity index (χ0) is 26.4. The number of rotatable bonds is 3. The van der Waals surface area contributed by atoms with Crippen molar-refractivity contribution in [1.82, 2.24) is 34.5 Å². The predicted octanol–water partition coefficient (Wildman–Crippen LogP) is 4.59. The van der Waals surface area contributed by atoms with Gasteiger partial charge in [0.2, 0.25) is 0 Å². The van der Waals surface area contributed by atoms with Gasteiger partial charge in [0, 0.05) is 18.3 Å². The summed E-state index contributed by atoms with van der Waals surface area (Å²) >= 11 is 6.01. The first-order chi connectivity index (χ1) is 18.2. The molecular formula is C27H31ClFN7O2. The second kappa shape index (κ2) is 8.37. The van der Waals surface area contributed by atoms with Gasteiger partial charge in [-0.25, -0.2) is 9.67 Å². The van der Waals surface area contributed by atoms with Crippen LogP contribution in [0.5, 0.6) is 0 Å². The Morgan fingerprint density at radius 3 is 2.82 bits per heavy atom. The van der Waals surface area contributed by atoms with Gasteiger partial charge < -0.3 is 4.57 Å². The fourth-order valence-electron chi connectivity index (χ4n) is 8.78. The van der Waals surface area contributed by atoms with Crippen LogP contribution in [-0.2, 0) is 16.1 Å². The van der Waals surface area contributed by atoms with Crippen molar-refractivity contribution in [3.8, 4) is 0 Å². The summed E-state index contributed by atoms with van der Waals surface area (Å²) in [6.45, 7) is 4.86. The molecule has 0 unspecified atom stereocenters. The molecule has 3 aromatic rings. The molecule has 9 nitrogen and oxygen atoms in total. The molecule has 0 aromatic carbocycles. The molecule has 0 amide bonds. The number of aromatic nitrogens is 7. The monoisotopic (exact) mass is 539 g/mol. The molecule has 4 saturated carbocycles. The summed E-state index contributed by atoms with van der Waals surface area (Å²) in [4.78, 5) is 37.6. The van der Waals surface area contributed by atoms with Crippen molar-refractivity contribution < 1.29 is 14.0 Å². The molecule has 3 heterocycles. The number of hydrogen-bond acceptors (Lipinski definition) is 7. The fourth-order valence-corrected chi connectivity index (χ4v) is 8.98. The first kappa shape index (κ1) is 24.3. The van der Waals surface area contributed by atoms with Crippen LogP contribution in [-0.4, -0.2) is 46.1 Å². The van der Waals surface area contributed by atoms with Gasteiger partial charge in [0.15, 0.2) is 16.6 Å². The van der Waals surface area contributed by atoms with Gasteiger partial charge >= 0.3 is 6.08 Å². The maximum Gasteiger partial charge on any atom is 0.312 e. The lowest BCUT2D eigenvalue weighted by Crippen LogP contribution is -2.53. The Morgan fingerprint density at radius 2 is 1.97 bits per heavy atom. The van der Waals surface area contributed by atoms with Crippen molar-refractivity contribution in [2.45, 2.75) is 77.8 Å². The number of imidazole rings is 1. The zero-order valence-corrected chi connectivity index (χ0v) is 22.4. The first-order valence-electron chi connectivity index (χ1n) is 13.7. The SMILES string of the molecule is C[C@]12CCC(=O)C[C@@H]1CC[C@@H]1[C@@H]2CC[C@]2(C)C(=O)[C@@H](n3cc(Cn4cnc5c(Cl)nc(F)nc54)nn3)C[C@@H]12. The number of Topliss-reactive ketones (excluding diaryl/α,β-unsaturated/α-hetero) is 2. The summed E-state index contributed by atoms with van der Waals surface area (Å²) in [6, 6.07) is -0.336. The highest BCUT2D eigenvalue weighted by Gasteiger charge is 2.62. The second-order valence-electron chi connectivity index (χ2n) is 12.5. The maximum absolute atomic E-state index is 13.9. The van der Waals surface area contributed by atoms with Gasteiger partial charge in [0.05, 0.1) is 19.1 Å². The van der Waals surface area contributed by atoms with Gasteiger partial charge in [-0.05, 0) is 67.6 Å². The average Bonchev–Trinajstić information content (AvgIpc) is 3.57. The van der Waals surface area contributed by atoms with Crippen molar-refractivity contribution in [2.75, 3.05) is 0 Å². The molecule has 0 radical (unpaired) electrons. The number of nitrogens with zero attached hydrogens (tertiary/aromatic N) is 7. The van der Waals surface area contributed by atoms with E-state index in [2.05, 4.69) is 39.1 Å². The summed E-state index contributed by atoms with van der Waals surface area (Å²) in [5.74, 6) is 2.59. The molecule has 0 bridgehead atoms. The molecule has 4 aliphatic carbocycles. The van der Waals surface area contributed by atoms with Crippen molar-refractivity contribution >= 4 is 34.3 Å². The highest BCUT2D eigenvalue weighted by molar-refractivity contribution is 6.33. The second-order valence-corrected chi connectivity index (χ2v) is 12.8. The van der Waals surface area contributed by atoms with Gasteiger partial charge in [-0.2, -0.15) is 14.4 Å². The van der Waals surface area contributed by atoms with Gasteiger partial charge in [0.25, 0.3) is 0 Å². The zero-order valence-electron chi connectivity index (χ0n) is 21.6. The van der Waals surface area contributed by atoms with Crippen LogP contribution < -0.4 is 0 Å². The molecule has 0 aliphatic heterocycles. The lowest BCUT2D eigenvalue weighted by molar-refractivity contribution is -0.144. The molecule has 11 heteroatoms. The van der Waals surface area contributed by atoms with Crippen molar-refractivity contribution in [3.63, 3.8) is 0 Å². The first-order valence-corrected chi connectivity index (χ1v) is 14.1. The van der Waals surface area contributed by atoms with Crippen LogP contribution in [0.3, 0.4) is 0 Å². The smallest absolute Gasteiger partial charge is 0.309 e. The average molecular weight is 540 g/mol. The van der Waals surface area contributed by atoms with Gasteiger partial charge in [-0.3, -0.25) is 9.59 Å². The van der Waals surface area contributed by atoms with E-state index in [0.29, 0.717) is 47.1 Å². The standard InChI is InChI=1S/C27H31ClFN7O2/c1-26-7-5-16(37)9-14(26)3-4-17-18(26)6-8-27(2)19(17)10-20(22(27)38)36-12-15(33-34-36)11-35-13-30-21-23(28)31-25(29)32-24(21)35/h12-14,17-20H,3-11H2,1-2H3/t14-,17+,18-,19-,20-,26-,27-/m0/s1. The van der Waals surface area contributed by atoms with E-state index < -0.39 is 6.08 Å². The Morgan fingerprint density at radius 1 is 1.13 bits per heavy atom. The van der Waals surface area contributed by atoms with E-state index in [1.54, 1.807) is 9.25 Å². The predicted molar refractivity (Wildman–Crippen MR) is 136 cm³/mol. The van der Waals surface area contributed by atoms with E-state index in [4.69, 9.17) is 11.6 Å². The molecule has 0 N–H and O–H groups in total. The largest absolute Gasteiger partial charge is 0.312 e. The van der Waals surface area contributed by atoms with E-state index in [9.17, 15) is 14.0 Å². The Hall–Kier alpha value is -2.75. The highest BCUT2D eigenvalue weighted by Crippen LogP contribution is 2.66. The Balaban J connectivity index is 1.14. The quantitative estimate of drug-likeness (QED) is 0.354. The maximum atomic E-state index is 13.9. The van der Waals surface area contributed by atoms with Gasteiger partial charge in [-0.1, -0.05) is 30.7 Å². The minimum atomic E-state index is -0.915. The van der Waals surface area contributed by atoms with E-state index in [1.807, 2.05) is 6.20 Å². The minimum Gasteiger partial charge on any atom is -0.309 e. The summed E-state index contributed by atoms with van der Waals surface area (Å²) in [7, 11) is 0. The number of ketones is 2. The van der Waals surface area contributed by atoms with Crippen molar-refractivity contribution in [3.05, 3.63) is 29.4 Å². The van der Waals surface area contributed by atoms with Crippen molar-refractivity contribution in [1.29, 1.82) is 0 Å². The van der Waals surface area contributed by atoms with Gasteiger partial charge in [-0.15, -0.1) is 5.10 Å². The van der Waals surface area contributed by atoms with Crippen molar-refractivity contribution in [2.24, 2.45) is 34.5 Å². The number of carbonyl (C=O) groups is 2. The molecule has 4 fully saturated rings. The number of halogens is 2. The van der Waals surface area contributed by atoms with E-state index in [1.165, 1.54) is 6.33 Å². The van der Waals surface area contributed by atoms with Crippen LogP contribution in [0.15, 0.2) is 12.5 Å². The van der Waals surface area contributed by atoms with Crippen LogP contribution >= 0.6 is 11.6 Å². The third-order valence-corrected chi connectivity index (χ3v) is 11.1. The van der Waals surface area contributed by atoms with Gasteiger partial charge in [0.1, 0.15) is 23.0 Å². The topological polar surface area (TPSA) is 108 Å². The Labute approximate surface area is 224 Å². The molecule has 0 spiro atoms. The summed E-state index contributed by atoms with van der Waals surface area (Å²) < 4.78 is 17.1. The summed E-state index contributed by atoms with van der Waals surface area (Å²) in [5.41, 5.74) is 1.09. The van der Waals surface area contributed by atoms with Crippen LogP contribution in [0, 0.1) is 40.6 Å². The van der Waals surface area contributed by atoms with Crippen LogP contribution in [0.2, 0.25) is 5.15 Å². The number of fused-ring (bicyclic) bond motifs is 6. The minimum absolute atomic E-state index is 0.0386. The Bertz CT molecular complexity index is 1470. The summed E-state index contributed by atoms with van der Waals surface area (Å²) in [6.07, 6.45) is 9.81. The van der Waals surface area contributed by atoms with E-state index in [-0.39, 0.29) is 40.0 Å². The van der Waals surface area contributed by atoms with E-state index >= 15 is 0 Å². The highest BCUT2D eigenvalue weighted by atomic mass is 35.5. The molecule has 7 atom stereocenters. The van der Waals surface area contributed by atoms with E-state index in [0.717, 1.165) is 44.9 Å². The van der Waals surface area contributed by atoms with Crippen LogP contribution in [0.4, 0.5) is 4.39 Å².